The van der Waals surface area contributed by atoms with Crippen LogP contribution < -0.4 is 19.7 Å². The molecule has 0 bridgehead atoms. The van der Waals surface area contributed by atoms with Gasteiger partial charge in [0.05, 0.1) is 22.7 Å². The van der Waals surface area contributed by atoms with Crippen LogP contribution in [-0.4, -0.2) is 29.9 Å². The van der Waals surface area contributed by atoms with Gasteiger partial charge >= 0.3 is 6.03 Å². The van der Waals surface area contributed by atoms with Gasteiger partial charge in [-0.1, -0.05) is 35.9 Å². The number of nitrogens with one attached hydrogen (secondary N) is 1. The van der Waals surface area contributed by atoms with Crippen LogP contribution in [0.4, 0.5) is 16.2 Å². The highest BCUT2D eigenvalue weighted by molar-refractivity contribution is 6.39. The van der Waals surface area contributed by atoms with Crippen LogP contribution in [0.25, 0.3) is 6.08 Å². The molecular weight excluding hydrogens is 514 g/mol. The Morgan fingerprint density at radius 3 is 2.55 bits per heavy atom. The monoisotopic (exact) mass is 535 g/mol. The van der Waals surface area contributed by atoms with E-state index in [4.69, 9.17) is 21.1 Å². The molecule has 1 aliphatic rings. The van der Waals surface area contributed by atoms with Gasteiger partial charge in [0.25, 0.3) is 17.5 Å². The van der Waals surface area contributed by atoms with Crippen molar-refractivity contribution in [1.29, 1.82) is 0 Å². The van der Waals surface area contributed by atoms with E-state index in [0.29, 0.717) is 22.4 Å². The summed E-state index contributed by atoms with van der Waals surface area (Å²) >= 11 is 6.45. The molecule has 1 N–H and O–H groups in total. The van der Waals surface area contributed by atoms with E-state index < -0.39 is 22.8 Å². The number of aryl methyl sites for hydroxylation is 2. The lowest BCUT2D eigenvalue weighted by atomic mass is 10.0. The van der Waals surface area contributed by atoms with Crippen LogP contribution in [0.5, 0.6) is 11.5 Å². The summed E-state index contributed by atoms with van der Waals surface area (Å²) in [5.74, 6) is -1.24. The van der Waals surface area contributed by atoms with Crippen molar-refractivity contribution >= 4 is 46.9 Å². The fourth-order valence-corrected chi connectivity index (χ4v) is 4.16. The average Bonchev–Trinajstić information content (AvgIpc) is 2.87. The van der Waals surface area contributed by atoms with Crippen molar-refractivity contribution in [3.63, 3.8) is 0 Å². The number of benzene rings is 3. The molecule has 3 aromatic rings. The van der Waals surface area contributed by atoms with Crippen LogP contribution in [0.1, 0.15) is 22.3 Å². The number of urea groups is 1. The van der Waals surface area contributed by atoms with Crippen molar-refractivity contribution in [3.8, 4) is 11.5 Å². The summed E-state index contributed by atoms with van der Waals surface area (Å²) in [6.07, 6.45) is 1.31. The largest absolute Gasteiger partial charge is 0.493 e. The first kappa shape index (κ1) is 26.4. The number of imide groups is 2. The Balaban J connectivity index is 1.65. The summed E-state index contributed by atoms with van der Waals surface area (Å²) < 4.78 is 11.2. The molecule has 194 valence electrons. The second kappa shape index (κ2) is 10.7. The van der Waals surface area contributed by atoms with E-state index in [-0.39, 0.29) is 34.4 Å². The third-order valence-electron chi connectivity index (χ3n) is 5.77. The minimum Gasteiger partial charge on any atom is -0.493 e. The number of methoxy groups -OCH3 is 1. The number of hydrogen-bond donors (Lipinski definition) is 1. The number of nitrogens with zero attached hydrogens (tertiary/aromatic N) is 2. The average molecular weight is 536 g/mol. The van der Waals surface area contributed by atoms with Crippen LogP contribution >= 0.6 is 11.6 Å². The maximum Gasteiger partial charge on any atom is 0.335 e. The van der Waals surface area contributed by atoms with E-state index in [1.165, 1.54) is 37.5 Å². The third-order valence-corrected chi connectivity index (χ3v) is 6.06. The van der Waals surface area contributed by atoms with Gasteiger partial charge in [-0.3, -0.25) is 25.0 Å². The van der Waals surface area contributed by atoms with Gasteiger partial charge in [-0.05, 0) is 60.4 Å². The normalized spacial score (nSPS) is 14.5. The van der Waals surface area contributed by atoms with Gasteiger partial charge in [-0.2, -0.15) is 0 Å². The summed E-state index contributed by atoms with van der Waals surface area (Å²) in [6, 6.07) is 13.4. The molecule has 0 aromatic heterocycles. The van der Waals surface area contributed by atoms with Crippen molar-refractivity contribution < 1.29 is 28.8 Å². The van der Waals surface area contributed by atoms with Crippen LogP contribution in [0, 0.1) is 24.0 Å². The lowest BCUT2D eigenvalue weighted by Crippen LogP contribution is -2.54. The third kappa shape index (κ3) is 5.35. The lowest BCUT2D eigenvalue weighted by molar-refractivity contribution is -0.384. The molecule has 0 aliphatic carbocycles. The van der Waals surface area contributed by atoms with Crippen LogP contribution in [-0.2, 0) is 16.2 Å². The molecule has 4 rings (SSSR count). The molecule has 3 aromatic carbocycles. The molecule has 0 spiro atoms. The minimum atomic E-state index is -0.845. The number of nitro groups is 1. The Hall–Kier alpha value is -4.70. The summed E-state index contributed by atoms with van der Waals surface area (Å²) in [7, 11) is 1.39. The Kier molecular flexibility index (Phi) is 7.45. The predicted molar refractivity (Wildman–Crippen MR) is 140 cm³/mol. The maximum atomic E-state index is 13.3. The second-order valence-corrected chi connectivity index (χ2v) is 8.90. The van der Waals surface area contributed by atoms with Crippen molar-refractivity contribution in [2.24, 2.45) is 0 Å². The number of rotatable bonds is 7. The first-order valence-electron chi connectivity index (χ1n) is 11.3. The Morgan fingerprint density at radius 1 is 1.08 bits per heavy atom. The first-order valence-corrected chi connectivity index (χ1v) is 11.7. The molecule has 10 nitrogen and oxygen atoms in total. The zero-order valence-corrected chi connectivity index (χ0v) is 21.4. The number of barbiturate groups is 1. The molecule has 0 radical (unpaired) electrons. The number of non-ortho nitro benzene ring substituents is 1. The van der Waals surface area contributed by atoms with E-state index in [1.807, 2.05) is 13.0 Å². The van der Waals surface area contributed by atoms with E-state index >= 15 is 0 Å². The van der Waals surface area contributed by atoms with Gasteiger partial charge in [0, 0.05) is 12.1 Å². The number of carbonyl (C=O) groups excluding carboxylic acids is 3. The highest BCUT2D eigenvalue weighted by Crippen LogP contribution is 2.38. The van der Waals surface area contributed by atoms with Gasteiger partial charge in [0.1, 0.15) is 12.2 Å². The molecular formula is C27H22ClN3O7. The van der Waals surface area contributed by atoms with Crippen LogP contribution in [0.2, 0.25) is 5.02 Å². The van der Waals surface area contributed by atoms with Gasteiger partial charge in [-0.15, -0.1) is 0 Å². The number of hydrogen-bond acceptors (Lipinski definition) is 7. The number of amides is 4. The Labute approximate surface area is 222 Å². The van der Waals surface area contributed by atoms with Gasteiger partial charge in [0.2, 0.25) is 0 Å². The maximum absolute atomic E-state index is 13.3. The highest BCUT2D eigenvalue weighted by atomic mass is 35.5. The zero-order chi connectivity index (χ0) is 27.6. The quantitative estimate of drug-likeness (QED) is 0.192. The number of carbonyl (C=O) groups is 3. The highest BCUT2D eigenvalue weighted by Gasteiger charge is 2.37. The molecule has 38 heavy (non-hydrogen) atoms. The summed E-state index contributed by atoms with van der Waals surface area (Å²) in [5.41, 5.74) is 2.44. The van der Waals surface area contributed by atoms with Crippen molar-refractivity contribution in [1.82, 2.24) is 5.32 Å². The molecule has 1 fully saturated rings. The van der Waals surface area contributed by atoms with E-state index in [1.54, 1.807) is 31.2 Å². The van der Waals surface area contributed by atoms with Gasteiger partial charge < -0.3 is 9.47 Å². The number of halogens is 1. The van der Waals surface area contributed by atoms with E-state index in [0.717, 1.165) is 10.5 Å². The van der Waals surface area contributed by atoms with Crippen molar-refractivity contribution in [2.45, 2.75) is 20.5 Å². The first-order chi connectivity index (χ1) is 18.1. The second-order valence-electron chi connectivity index (χ2n) is 8.50. The Bertz CT molecular complexity index is 1520. The zero-order valence-electron chi connectivity index (χ0n) is 20.6. The van der Waals surface area contributed by atoms with Crippen molar-refractivity contribution in [3.05, 3.63) is 97.6 Å². The van der Waals surface area contributed by atoms with E-state index in [9.17, 15) is 24.5 Å². The number of nitro benzene ring substituents is 1. The molecule has 4 amide bonds. The smallest absolute Gasteiger partial charge is 0.335 e. The van der Waals surface area contributed by atoms with E-state index in [2.05, 4.69) is 5.32 Å². The molecule has 1 aliphatic heterocycles. The lowest BCUT2D eigenvalue weighted by Gasteiger charge is -2.27. The molecule has 0 saturated carbocycles. The minimum absolute atomic E-state index is 0.0218. The Morgan fingerprint density at radius 2 is 1.84 bits per heavy atom. The molecule has 0 atom stereocenters. The number of anilines is 1. The summed E-state index contributed by atoms with van der Waals surface area (Å²) in [6.45, 7) is 3.56. The molecule has 1 heterocycles. The standard InChI is InChI=1S/C27H22ClN3O7/c1-15-7-8-16(2)22(9-15)30-26(33)20(25(32)29-27(30)34)11-18-12-21(28)24(23(13-18)37-3)38-14-17-5-4-6-19(10-17)31(35)36/h4-13H,14H2,1-3H3,(H,29,32,34)/b20-11+. The molecule has 0 unspecified atom stereocenters. The molecule has 1 saturated heterocycles. The SMILES string of the molecule is COc1cc(/C=C2\C(=O)NC(=O)N(c3cc(C)ccc3C)C2=O)cc(Cl)c1OCc1cccc([N+](=O)[O-])c1. The fourth-order valence-electron chi connectivity index (χ4n) is 3.88. The van der Waals surface area contributed by atoms with Crippen LogP contribution in [0.15, 0.2) is 60.2 Å². The predicted octanol–water partition coefficient (Wildman–Crippen LogP) is 5.12. The van der Waals surface area contributed by atoms with Crippen molar-refractivity contribution in [2.75, 3.05) is 12.0 Å². The molecule has 11 heteroatoms. The summed E-state index contributed by atoms with van der Waals surface area (Å²) in [5, 5.41) is 13.3. The fraction of sp³-hybridized carbons (Fsp3) is 0.148. The topological polar surface area (TPSA) is 128 Å². The van der Waals surface area contributed by atoms with Gasteiger partial charge in [-0.25, -0.2) is 9.69 Å². The van der Waals surface area contributed by atoms with Crippen LogP contribution in [0.3, 0.4) is 0 Å². The summed E-state index contributed by atoms with van der Waals surface area (Å²) in [4.78, 5) is 49.9. The van der Waals surface area contributed by atoms with Gasteiger partial charge in [0.15, 0.2) is 11.5 Å². The number of ether oxygens (including phenoxy) is 2.